The molecule has 2 heterocycles. The third-order valence-corrected chi connectivity index (χ3v) is 5.17. The zero-order chi connectivity index (χ0) is 21.5. The molecule has 4 N–H and O–H groups in total. The number of hydrogen-bond donors (Lipinski definition) is 3. The topological polar surface area (TPSA) is 88.7 Å². The summed E-state index contributed by atoms with van der Waals surface area (Å²) in [6, 6.07) is 15.1. The number of pyridine rings is 1. The van der Waals surface area contributed by atoms with Crippen molar-refractivity contribution in [3.05, 3.63) is 75.8 Å². The van der Waals surface area contributed by atoms with E-state index in [9.17, 15) is 4.79 Å². The van der Waals surface area contributed by atoms with Gasteiger partial charge in [0.05, 0.1) is 11.3 Å². The lowest BCUT2D eigenvalue weighted by molar-refractivity contribution is 0.549. The number of anilines is 1. The number of benzene rings is 2. The number of fused-ring (bicyclic) bond motifs is 1. The van der Waals surface area contributed by atoms with Crippen LogP contribution >= 0.6 is 11.6 Å². The molecule has 2 aliphatic rings. The van der Waals surface area contributed by atoms with E-state index < -0.39 is 0 Å². The standard InChI is InChI=1S/C23H24ClN5O/c1-14-20(15-4-8-17(9-5-15)27-13-23(2,3)25)21-19(12-26-14)22(30)29(28-21)18-10-6-16(24)7-11-18/h4-12,26-27H,13,25H2,1-3H3. The van der Waals surface area contributed by atoms with Crippen molar-refractivity contribution in [3.63, 3.8) is 0 Å². The summed E-state index contributed by atoms with van der Waals surface area (Å²) in [6.45, 7) is 6.60. The predicted octanol–water partition coefficient (Wildman–Crippen LogP) is 4.44. The minimum Gasteiger partial charge on any atom is -0.383 e. The van der Waals surface area contributed by atoms with Gasteiger partial charge in [0.1, 0.15) is 5.69 Å². The van der Waals surface area contributed by atoms with Gasteiger partial charge in [0.15, 0.2) is 0 Å². The highest BCUT2D eigenvalue weighted by molar-refractivity contribution is 6.30. The third kappa shape index (κ3) is 3.97. The summed E-state index contributed by atoms with van der Waals surface area (Å²) in [5.74, 6) is 0. The minimum absolute atomic E-state index is 0.173. The second-order valence-electron chi connectivity index (χ2n) is 8.16. The van der Waals surface area contributed by atoms with E-state index in [2.05, 4.69) is 15.4 Å². The molecule has 0 spiro atoms. The molecular formula is C23H24ClN5O. The Hall–Kier alpha value is -3.09. The van der Waals surface area contributed by atoms with Crippen molar-refractivity contribution >= 4 is 17.3 Å². The van der Waals surface area contributed by atoms with Crippen LogP contribution in [-0.2, 0) is 0 Å². The second kappa shape index (κ2) is 7.63. The quantitative estimate of drug-likeness (QED) is 0.444. The number of hydrogen-bond acceptors (Lipinski definition) is 4. The van der Waals surface area contributed by atoms with E-state index in [0.29, 0.717) is 28.5 Å². The molecule has 2 aromatic carbocycles. The Morgan fingerprint density at radius 3 is 2.43 bits per heavy atom. The van der Waals surface area contributed by atoms with Gasteiger partial charge < -0.3 is 16.0 Å². The maximum absolute atomic E-state index is 13.0. The van der Waals surface area contributed by atoms with E-state index >= 15 is 0 Å². The van der Waals surface area contributed by atoms with Crippen molar-refractivity contribution in [2.24, 2.45) is 5.73 Å². The lowest BCUT2D eigenvalue weighted by Crippen LogP contribution is -2.39. The maximum Gasteiger partial charge on any atom is 0.282 e. The van der Waals surface area contributed by atoms with Gasteiger partial charge in [-0.2, -0.15) is 9.78 Å². The molecule has 0 bridgehead atoms. The van der Waals surface area contributed by atoms with Gasteiger partial charge in [-0.1, -0.05) is 23.7 Å². The second-order valence-corrected chi connectivity index (χ2v) is 8.60. The number of aromatic amines is 1. The van der Waals surface area contributed by atoms with Crippen LogP contribution in [0.1, 0.15) is 19.5 Å². The number of aromatic nitrogens is 3. The van der Waals surface area contributed by atoms with Crippen LogP contribution in [0.2, 0.25) is 5.02 Å². The first-order valence-corrected chi connectivity index (χ1v) is 10.1. The van der Waals surface area contributed by atoms with Gasteiger partial charge in [-0.25, -0.2) is 0 Å². The fourth-order valence-corrected chi connectivity index (χ4v) is 3.48. The lowest BCUT2D eigenvalue weighted by Gasteiger charge is -2.20. The van der Waals surface area contributed by atoms with E-state index in [1.807, 2.05) is 45.0 Å². The predicted molar refractivity (Wildman–Crippen MR) is 123 cm³/mol. The van der Waals surface area contributed by atoms with Crippen molar-refractivity contribution in [1.82, 2.24) is 14.8 Å². The smallest absolute Gasteiger partial charge is 0.282 e. The molecule has 0 atom stereocenters. The van der Waals surface area contributed by atoms with Crippen LogP contribution < -0.4 is 16.6 Å². The Bertz CT molecular complexity index is 1200. The van der Waals surface area contributed by atoms with Gasteiger partial charge >= 0.3 is 0 Å². The third-order valence-electron chi connectivity index (χ3n) is 4.92. The molecule has 0 fully saturated rings. The van der Waals surface area contributed by atoms with E-state index in [4.69, 9.17) is 17.3 Å². The zero-order valence-corrected chi connectivity index (χ0v) is 17.9. The Balaban J connectivity index is 1.76. The molecule has 0 unspecified atom stereocenters. The molecule has 6 nitrogen and oxygen atoms in total. The summed E-state index contributed by atoms with van der Waals surface area (Å²) in [7, 11) is 0. The van der Waals surface area contributed by atoms with Crippen LogP contribution in [0.4, 0.5) is 5.69 Å². The van der Waals surface area contributed by atoms with E-state index in [0.717, 1.165) is 22.5 Å². The first kappa shape index (κ1) is 20.2. The summed E-state index contributed by atoms with van der Waals surface area (Å²) in [5, 5.41) is 8.60. The molecule has 7 heteroatoms. The van der Waals surface area contributed by atoms with Crippen LogP contribution in [0, 0.1) is 6.92 Å². The molecule has 0 saturated heterocycles. The molecule has 0 aromatic heterocycles. The Morgan fingerprint density at radius 1 is 1.13 bits per heavy atom. The first-order chi connectivity index (χ1) is 14.2. The Kier molecular flexibility index (Phi) is 5.13. The van der Waals surface area contributed by atoms with Crippen LogP contribution in [0.25, 0.3) is 28.1 Å². The highest BCUT2D eigenvalue weighted by Crippen LogP contribution is 2.33. The van der Waals surface area contributed by atoms with Gasteiger partial charge in [-0.3, -0.25) is 4.79 Å². The molecule has 2 aromatic rings. The molecule has 2 aliphatic heterocycles. The summed E-state index contributed by atoms with van der Waals surface area (Å²) in [6.07, 6.45) is 1.72. The van der Waals surface area contributed by atoms with Crippen molar-refractivity contribution in [2.45, 2.75) is 26.3 Å². The largest absolute Gasteiger partial charge is 0.383 e. The molecule has 30 heavy (non-hydrogen) atoms. The average molecular weight is 422 g/mol. The van der Waals surface area contributed by atoms with Crippen molar-refractivity contribution < 1.29 is 0 Å². The lowest BCUT2D eigenvalue weighted by atomic mass is 9.98. The number of rotatable bonds is 5. The average Bonchev–Trinajstić information content (AvgIpc) is 3.03. The SMILES string of the molecule is Cc1[nH]cc2c(=O)n(-c3ccc(Cl)cc3)nc-2c1-c1ccc(NCC(C)(C)N)cc1. The molecular weight excluding hydrogens is 398 g/mol. The minimum atomic E-state index is -0.297. The molecule has 0 amide bonds. The zero-order valence-electron chi connectivity index (χ0n) is 17.2. The summed E-state index contributed by atoms with van der Waals surface area (Å²) in [4.78, 5) is 16.2. The van der Waals surface area contributed by atoms with Gasteiger partial charge in [0, 0.05) is 40.2 Å². The highest BCUT2D eigenvalue weighted by atomic mass is 35.5. The van der Waals surface area contributed by atoms with Gasteiger partial charge in [0.2, 0.25) is 0 Å². The van der Waals surface area contributed by atoms with Crippen LogP contribution in [0.5, 0.6) is 0 Å². The maximum atomic E-state index is 13.0. The number of halogens is 1. The summed E-state index contributed by atoms with van der Waals surface area (Å²) in [5.41, 5.74) is 11.3. The summed E-state index contributed by atoms with van der Waals surface area (Å²) < 4.78 is 1.41. The van der Waals surface area contributed by atoms with Crippen molar-refractivity contribution in [1.29, 1.82) is 0 Å². The van der Waals surface area contributed by atoms with E-state index in [1.54, 1.807) is 30.5 Å². The van der Waals surface area contributed by atoms with Crippen LogP contribution in [-0.4, -0.2) is 26.8 Å². The summed E-state index contributed by atoms with van der Waals surface area (Å²) >= 11 is 5.98. The Labute approximate surface area is 180 Å². The number of aryl methyl sites for hydroxylation is 1. The monoisotopic (exact) mass is 421 g/mol. The molecule has 0 radical (unpaired) electrons. The fraction of sp³-hybridized carbons (Fsp3) is 0.217. The van der Waals surface area contributed by atoms with Gasteiger partial charge in [0.25, 0.3) is 5.56 Å². The van der Waals surface area contributed by atoms with E-state index in [-0.39, 0.29) is 11.1 Å². The molecule has 154 valence electrons. The highest BCUT2D eigenvalue weighted by Gasteiger charge is 2.22. The van der Waals surface area contributed by atoms with Gasteiger partial charge in [-0.15, -0.1) is 0 Å². The van der Waals surface area contributed by atoms with Crippen LogP contribution in [0.15, 0.2) is 59.5 Å². The number of nitrogens with two attached hydrogens (primary N) is 1. The Morgan fingerprint density at radius 2 is 1.80 bits per heavy atom. The first-order valence-electron chi connectivity index (χ1n) is 9.73. The number of H-pyrrole nitrogens is 1. The fourth-order valence-electron chi connectivity index (χ4n) is 3.35. The van der Waals surface area contributed by atoms with Crippen LogP contribution in [0.3, 0.4) is 0 Å². The molecule has 0 saturated carbocycles. The molecule has 4 rings (SSSR count). The van der Waals surface area contributed by atoms with Gasteiger partial charge in [-0.05, 0) is 62.7 Å². The number of nitrogens with one attached hydrogen (secondary N) is 2. The van der Waals surface area contributed by atoms with Crippen molar-refractivity contribution in [3.8, 4) is 28.1 Å². The molecule has 0 aliphatic carbocycles. The number of nitrogens with zero attached hydrogens (tertiary/aromatic N) is 2. The normalized spacial score (nSPS) is 11.8. The van der Waals surface area contributed by atoms with Crippen molar-refractivity contribution in [2.75, 3.05) is 11.9 Å². The van der Waals surface area contributed by atoms with E-state index in [1.165, 1.54) is 4.68 Å².